The summed E-state index contributed by atoms with van der Waals surface area (Å²) >= 11 is 0. The molecule has 1 aliphatic rings. The summed E-state index contributed by atoms with van der Waals surface area (Å²) < 4.78 is 18.7. The minimum absolute atomic E-state index is 0.125. The highest BCUT2D eigenvalue weighted by atomic mass is 19.1. The molecule has 0 spiro atoms. The largest absolute Gasteiger partial charge is 0.447 e. The van der Waals surface area contributed by atoms with Gasteiger partial charge in [0.2, 0.25) is 11.9 Å². The molecule has 9 heteroatoms. The number of ether oxygens (including phenoxy) is 1. The number of amides is 1. The van der Waals surface area contributed by atoms with Crippen molar-refractivity contribution in [2.24, 2.45) is 5.92 Å². The molecular weight excluding hydrogens is 411 g/mol. The van der Waals surface area contributed by atoms with Gasteiger partial charge < -0.3 is 10.1 Å². The minimum atomic E-state index is -0.456. The number of nitrogens with one attached hydrogen (secondary N) is 1. The van der Waals surface area contributed by atoms with Crippen molar-refractivity contribution in [3.63, 3.8) is 0 Å². The maximum atomic E-state index is 13.5. The third-order valence-electron chi connectivity index (χ3n) is 5.52. The number of hydrogen-bond acceptors (Lipinski definition) is 7. The first-order chi connectivity index (χ1) is 15.3. The maximum Gasteiger partial charge on any atom is 0.417 e. The van der Waals surface area contributed by atoms with E-state index in [4.69, 9.17) is 4.74 Å². The van der Waals surface area contributed by atoms with Gasteiger partial charge in [-0.15, -0.1) is 0 Å². The Hall–Kier alpha value is -3.62. The SMILES string of the molecule is Cc1cc(-c2ccc(C(C)Nc3ncnc(N4C(=O)OC[C@@H]4C(C)C)n3)nc2)ccc1F. The molecule has 1 aromatic carbocycles. The average molecular weight is 436 g/mol. The van der Waals surface area contributed by atoms with Gasteiger partial charge in [0.1, 0.15) is 18.8 Å². The van der Waals surface area contributed by atoms with Crippen LogP contribution in [-0.4, -0.2) is 38.7 Å². The predicted octanol–water partition coefficient (Wildman–Crippen LogP) is 4.54. The number of halogens is 1. The van der Waals surface area contributed by atoms with Crippen LogP contribution in [0.25, 0.3) is 11.1 Å². The van der Waals surface area contributed by atoms with Crippen LogP contribution >= 0.6 is 0 Å². The summed E-state index contributed by atoms with van der Waals surface area (Å²) in [6.07, 6.45) is 2.67. The first-order valence-corrected chi connectivity index (χ1v) is 10.5. The van der Waals surface area contributed by atoms with Crippen molar-refractivity contribution in [1.29, 1.82) is 0 Å². The first-order valence-electron chi connectivity index (χ1n) is 10.5. The van der Waals surface area contributed by atoms with Gasteiger partial charge in [0.25, 0.3) is 0 Å². The lowest BCUT2D eigenvalue weighted by molar-refractivity contribution is 0.177. The van der Waals surface area contributed by atoms with E-state index >= 15 is 0 Å². The van der Waals surface area contributed by atoms with E-state index in [0.29, 0.717) is 18.1 Å². The average Bonchev–Trinajstić information content (AvgIpc) is 3.18. The third-order valence-corrected chi connectivity index (χ3v) is 5.52. The predicted molar refractivity (Wildman–Crippen MR) is 119 cm³/mol. The zero-order valence-electron chi connectivity index (χ0n) is 18.4. The van der Waals surface area contributed by atoms with Gasteiger partial charge in [-0.1, -0.05) is 26.0 Å². The van der Waals surface area contributed by atoms with Crippen LogP contribution in [0.15, 0.2) is 42.9 Å². The number of aryl methyl sites for hydroxylation is 1. The molecular formula is C23H25FN6O2. The van der Waals surface area contributed by atoms with Gasteiger partial charge in [0.15, 0.2) is 0 Å². The van der Waals surface area contributed by atoms with Crippen LogP contribution in [0.2, 0.25) is 0 Å². The normalized spacial score (nSPS) is 16.9. The van der Waals surface area contributed by atoms with Crippen molar-refractivity contribution in [2.75, 3.05) is 16.8 Å². The monoisotopic (exact) mass is 436 g/mol. The minimum Gasteiger partial charge on any atom is -0.447 e. The van der Waals surface area contributed by atoms with Gasteiger partial charge in [-0.2, -0.15) is 4.98 Å². The highest BCUT2D eigenvalue weighted by Crippen LogP contribution is 2.26. The summed E-state index contributed by atoms with van der Waals surface area (Å²) in [7, 11) is 0. The number of cyclic esters (lactones) is 1. The molecule has 2 aromatic heterocycles. The van der Waals surface area contributed by atoms with Crippen LogP contribution < -0.4 is 10.2 Å². The molecule has 1 fully saturated rings. The van der Waals surface area contributed by atoms with Crippen LogP contribution in [0.4, 0.5) is 21.1 Å². The number of pyridine rings is 1. The van der Waals surface area contributed by atoms with Gasteiger partial charge in [0, 0.05) is 11.8 Å². The number of benzene rings is 1. The Kier molecular flexibility index (Phi) is 5.98. The summed E-state index contributed by atoms with van der Waals surface area (Å²) in [5, 5.41) is 3.20. The standard InChI is InChI=1S/C23H25FN6O2/c1-13(2)20-11-32-23(31)30(20)22-27-12-26-21(29-22)28-15(4)19-8-6-17(10-25-19)16-5-7-18(24)14(3)9-16/h5-10,12-13,15,20H,11H2,1-4H3,(H,26,27,28,29)/t15?,20-/m1/s1. The van der Waals surface area contributed by atoms with Crippen molar-refractivity contribution in [3.05, 3.63) is 59.9 Å². The van der Waals surface area contributed by atoms with E-state index in [1.54, 1.807) is 25.3 Å². The Labute approximate surface area is 185 Å². The summed E-state index contributed by atoms with van der Waals surface area (Å²) in [6, 6.07) is 8.52. The van der Waals surface area contributed by atoms with Crippen molar-refractivity contribution < 1.29 is 13.9 Å². The lowest BCUT2D eigenvalue weighted by Gasteiger charge is -2.22. The molecule has 0 bridgehead atoms. The van der Waals surface area contributed by atoms with Gasteiger partial charge in [-0.05, 0) is 49.1 Å². The van der Waals surface area contributed by atoms with Crippen LogP contribution in [-0.2, 0) is 4.74 Å². The van der Waals surface area contributed by atoms with E-state index in [-0.39, 0.29) is 29.8 Å². The molecule has 3 heterocycles. The number of rotatable bonds is 6. The smallest absolute Gasteiger partial charge is 0.417 e. The first kappa shape index (κ1) is 21.6. The second kappa shape index (κ2) is 8.86. The van der Waals surface area contributed by atoms with Crippen LogP contribution in [0.5, 0.6) is 0 Å². The Morgan fingerprint density at radius 2 is 1.91 bits per heavy atom. The third kappa shape index (κ3) is 4.37. The molecule has 2 atom stereocenters. The fourth-order valence-electron chi connectivity index (χ4n) is 3.55. The van der Waals surface area contributed by atoms with Crippen molar-refractivity contribution in [3.8, 4) is 11.1 Å². The van der Waals surface area contributed by atoms with E-state index in [9.17, 15) is 9.18 Å². The molecule has 166 valence electrons. The van der Waals surface area contributed by atoms with Gasteiger partial charge >= 0.3 is 6.09 Å². The second-order valence-corrected chi connectivity index (χ2v) is 8.17. The summed E-state index contributed by atoms with van der Waals surface area (Å²) in [6.45, 7) is 8.02. The number of carbonyl (C=O) groups excluding carboxylic acids is 1. The summed E-state index contributed by atoms with van der Waals surface area (Å²) in [4.78, 5) is 31.0. The molecule has 3 aromatic rings. The van der Waals surface area contributed by atoms with Gasteiger partial charge in [0.05, 0.1) is 17.8 Å². The van der Waals surface area contributed by atoms with Crippen LogP contribution in [0, 0.1) is 18.7 Å². The number of nitrogens with zero attached hydrogens (tertiary/aromatic N) is 5. The number of carbonyl (C=O) groups is 1. The molecule has 4 rings (SSSR count). The molecule has 8 nitrogen and oxygen atoms in total. The number of aromatic nitrogens is 4. The molecule has 1 aliphatic heterocycles. The van der Waals surface area contributed by atoms with E-state index in [1.807, 2.05) is 32.9 Å². The lowest BCUT2D eigenvalue weighted by Crippen LogP contribution is -2.38. The molecule has 0 saturated carbocycles. The number of hydrogen-bond donors (Lipinski definition) is 1. The Morgan fingerprint density at radius 3 is 2.59 bits per heavy atom. The Balaban J connectivity index is 1.49. The zero-order chi connectivity index (χ0) is 22.8. The van der Waals surface area contributed by atoms with Gasteiger partial charge in [-0.3, -0.25) is 4.98 Å². The second-order valence-electron chi connectivity index (χ2n) is 8.17. The molecule has 1 N–H and O–H groups in total. The molecule has 1 saturated heterocycles. The van der Waals surface area contributed by atoms with Gasteiger partial charge in [-0.25, -0.2) is 24.1 Å². The van der Waals surface area contributed by atoms with Crippen LogP contribution in [0.3, 0.4) is 0 Å². The molecule has 0 radical (unpaired) electrons. The molecule has 0 aliphatic carbocycles. The van der Waals surface area contributed by atoms with E-state index in [1.165, 1.54) is 17.3 Å². The fraction of sp³-hybridized carbons (Fsp3) is 0.348. The number of anilines is 2. The molecule has 1 unspecified atom stereocenters. The van der Waals surface area contributed by atoms with Crippen molar-refractivity contribution in [1.82, 2.24) is 19.9 Å². The van der Waals surface area contributed by atoms with Crippen molar-refractivity contribution in [2.45, 2.75) is 39.8 Å². The van der Waals surface area contributed by atoms with E-state index in [2.05, 4.69) is 25.3 Å². The molecule has 32 heavy (non-hydrogen) atoms. The van der Waals surface area contributed by atoms with E-state index in [0.717, 1.165) is 16.8 Å². The molecule has 1 amide bonds. The summed E-state index contributed by atoms with van der Waals surface area (Å²) in [5.74, 6) is 0.562. The fourth-order valence-corrected chi connectivity index (χ4v) is 3.55. The van der Waals surface area contributed by atoms with Crippen molar-refractivity contribution >= 4 is 18.0 Å². The highest BCUT2D eigenvalue weighted by Gasteiger charge is 2.38. The summed E-state index contributed by atoms with van der Waals surface area (Å²) in [5.41, 5.74) is 3.19. The van der Waals surface area contributed by atoms with E-state index < -0.39 is 6.09 Å². The zero-order valence-corrected chi connectivity index (χ0v) is 18.4. The maximum absolute atomic E-state index is 13.5. The Bertz CT molecular complexity index is 1120. The Morgan fingerprint density at radius 1 is 1.12 bits per heavy atom. The lowest BCUT2D eigenvalue weighted by atomic mass is 10.0. The quantitative estimate of drug-likeness (QED) is 0.606. The van der Waals surface area contributed by atoms with Crippen LogP contribution in [0.1, 0.15) is 38.1 Å². The topological polar surface area (TPSA) is 93.1 Å². The highest BCUT2D eigenvalue weighted by molar-refractivity contribution is 5.88.